The topological polar surface area (TPSA) is 23.5 Å². The number of rotatable bonds is 2. The van der Waals surface area contributed by atoms with E-state index in [2.05, 4.69) is 17.5 Å². The molecule has 1 fully saturated rings. The van der Waals surface area contributed by atoms with Gasteiger partial charge >= 0.3 is 0 Å². The summed E-state index contributed by atoms with van der Waals surface area (Å²) < 4.78 is 0.706. The van der Waals surface area contributed by atoms with Crippen molar-refractivity contribution in [2.45, 2.75) is 19.3 Å². The van der Waals surface area contributed by atoms with E-state index in [0.717, 1.165) is 32.4 Å². The zero-order valence-corrected chi connectivity index (χ0v) is 8.78. The van der Waals surface area contributed by atoms with Crippen LogP contribution in [0.25, 0.3) is 0 Å². The van der Waals surface area contributed by atoms with Crippen molar-refractivity contribution >= 4 is 29.2 Å². The van der Waals surface area contributed by atoms with E-state index in [1.165, 1.54) is 0 Å². The largest absolute Gasteiger partial charge is 0.396 e. The lowest BCUT2D eigenvalue weighted by Crippen LogP contribution is -2.35. The molecule has 0 saturated carbocycles. The second-order valence-electron chi connectivity index (χ2n) is 3.23. The lowest BCUT2D eigenvalue weighted by molar-refractivity contribution is 0.206. The third-order valence-corrected chi connectivity index (χ3v) is 2.96. The van der Waals surface area contributed by atoms with Gasteiger partial charge in [-0.25, -0.2) is 0 Å². The van der Waals surface area contributed by atoms with Gasteiger partial charge in [0, 0.05) is 19.7 Å². The minimum absolute atomic E-state index is 0.315. The number of hydrogen-bond acceptors (Lipinski definition) is 2. The summed E-state index contributed by atoms with van der Waals surface area (Å²) in [7, 11) is 0. The molecule has 0 spiro atoms. The third kappa shape index (κ3) is 2.92. The quantitative estimate of drug-likeness (QED) is 0.525. The first-order valence-corrected chi connectivity index (χ1v) is 5.18. The van der Waals surface area contributed by atoms with Crippen LogP contribution in [0.4, 0.5) is 0 Å². The number of aliphatic hydroxyl groups excluding tert-OH is 1. The highest BCUT2D eigenvalue weighted by molar-refractivity contribution is 8.10. The van der Waals surface area contributed by atoms with Crippen LogP contribution in [0.5, 0.6) is 0 Å². The molecule has 1 aliphatic rings. The van der Waals surface area contributed by atoms with Gasteiger partial charge in [-0.2, -0.15) is 0 Å². The van der Waals surface area contributed by atoms with Crippen molar-refractivity contribution in [2.24, 2.45) is 5.92 Å². The summed E-state index contributed by atoms with van der Waals surface area (Å²) in [5, 5.41) is 8.74. The predicted octanol–water partition coefficient (Wildman–Crippen LogP) is 1.30. The summed E-state index contributed by atoms with van der Waals surface area (Å²) in [5.74, 6) is 0.689. The monoisotopic (exact) mass is 205 g/mol. The molecular formula is C8H15NOS2. The van der Waals surface area contributed by atoms with Crippen molar-refractivity contribution < 1.29 is 5.11 Å². The van der Waals surface area contributed by atoms with E-state index in [0.29, 0.717) is 16.8 Å². The summed E-state index contributed by atoms with van der Waals surface area (Å²) in [6, 6.07) is 0. The van der Waals surface area contributed by atoms with E-state index in [1.807, 2.05) is 0 Å². The van der Waals surface area contributed by atoms with E-state index in [-0.39, 0.29) is 0 Å². The molecule has 1 rings (SSSR count). The highest BCUT2D eigenvalue weighted by Crippen LogP contribution is 2.20. The van der Waals surface area contributed by atoms with Crippen molar-refractivity contribution in [3.05, 3.63) is 0 Å². The lowest BCUT2D eigenvalue weighted by atomic mass is 9.94. The molecule has 1 N–H and O–H groups in total. The minimum Gasteiger partial charge on any atom is -0.396 e. The fraction of sp³-hybridized carbons (Fsp3) is 0.875. The Balaban J connectivity index is 2.25. The highest BCUT2D eigenvalue weighted by atomic mass is 32.1. The van der Waals surface area contributed by atoms with Gasteiger partial charge in [-0.1, -0.05) is 12.2 Å². The summed E-state index contributed by atoms with van der Waals surface area (Å²) in [4.78, 5) is 2.12. The number of piperidine rings is 1. The predicted molar refractivity (Wildman–Crippen MR) is 57.6 cm³/mol. The fourth-order valence-corrected chi connectivity index (χ4v) is 1.98. The number of aliphatic hydroxyl groups is 1. The Labute approximate surface area is 84.4 Å². The Morgan fingerprint density at radius 3 is 2.50 bits per heavy atom. The molecule has 0 unspecified atom stereocenters. The first-order valence-electron chi connectivity index (χ1n) is 4.32. The van der Waals surface area contributed by atoms with Gasteiger partial charge in [-0.15, -0.1) is 12.6 Å². The smallest absolute Gasteiger partial charge is 0.133 e. The van der Waals surface area contributed by atoms with E-state index in [4.69, 9.17) is 17.3 Å². The van der Waals surface area contributed by atoms with Crippen LogP contribution in [0.3, 0.4) is 0 Å². The normalized spacial score (nSPS) is 19.7. The maximum Gasteiger partial charge on any atom is 0.133 e. The second kappa shape index (κ2) is 5.04. The molecule has 4 heteroatoms. The lowest BCUT2D eigenvalue weighted by Gasteiger charge is -2.31. The van der Waals surface area contributed by atoms with Crippen molar-refractivity contribution in [1.82, 2.24) is 4.90 Å². The van der Waals surface area contributed by atoms with Gasteiger partial charge in [0.05, 0.1) is 0 Å². The van der Waals surface area contributed by atoms with Crippen LogP contribution in [0.1, 0.15) is 19.3 Å². The SMILES string of the molecule is OCCC1CCN(C(=S)S)CC1. The Bertz CT molecular complexity index is 155. The van der Waals surface area contributed by atoms with E-state index in [9.17, 15) is 0 Å². The molecule has 0 atom stereocenters. The molecule has 1 saturated heterocycles. The van der Waals surface area contributed by atoms with Gasteiger partial charge in [0.2, 0.25) is 0 Å². The molecule has 0 aliphatic carbocycles. The first-order chi connectivity index (χ1) is 5.74. The molecule has 1 aliphatic heterocycles. The van der Waals surface area contributed by atoms with Gasteiger partial charge < -0.3 is 10.0 Å². The summed E-state index contributed by atoms with van der Waals surface area (Å²) in [5.41, 5.74) is 0. The van der Waals surface area contributed by atoms with E-state index < -0.39 is 0 Å². The highest BCUT2D eigenvalue weighted by Gasteiger charge is 2.18. The fourth-order valence-electron chi connectivity index (χ4n) is 1.60. The van der Waals surface area contributed by atoms with Crippen molar-refractivity contribution in [3.63, 3.8) is 0 Å². The second-order valence-corrected chi connectivity index (χ2v) is 4.34. The average Bonchev–Trinajstić information content (AvgIpc) is 2.06. The molecule has 0 aromatic carbocycles. The Morgan fingerprint density at radius 1 is 1.50 bits per heavy atom. The molecule has 0 radical (unpaired) electrons. The molecule has 1 heterocycles. The number of thiocarbonyl (C=S) groups is 1. The van der Waals surface area contributed by atoms with Crippen LogP contribution in [0.2, 0.25) is 0 Å². The first kappa shape index (κ1) is 10.3. The van der Waals surface area contributed by atoms with Gasteiger partial charge in [-0.3, -0.25) is 0 Å². The molecule has 70 valence electrons. The number of thiol groups is 1. The number of likely N-dealkylation sites (tertiary alicyclic amines) is 1. The molecule has 2 nitrogen and oxygen atoms in total. The molecule has 0 bridgehead atoms. The number of nitrogens with zero attached hydrogens (tertiary/aromatic N) is 1. The van der Waals surface area contributed by atoms with E-state index >= 15 is 0 Å². The molecule has 12 heavy (non-hydrogen) atoms. The molecule has 0 amide bonds. The van der Waals surface area contributed by atoms with Crippen LogP contribution >= 0.6 is 24.8 Å². The standard InChI is InChI=1S/C8H15NOS2/c10-6-3-7-1-4-9(5-2-7)8(11)12/h7,10H,1-6H2,(H,11,12). The van der Waals surface area contributed by atoms with Gasteiger partial charge in [0.25, 0.3) is 0 Å². The van der Waals surface area contributed by atoms with Gasteiger partial charge in [-0.05, 0) is 25.2 Å². The Kier molecular flexibility index (Phi) is 4.32. The molecule has 0 aromatic rings. The summed E-state index contributed by atoms with van der Waals surface area (Å²) in [6.07, 6.45) is 3.22. The van der Waals surface area contributed by atoms with Gasteiger partial charge in [0.15, 0.2) is 0 Å². The average molecular weight is 205 g/mol. The van der Waals surface area contributed by atoms with Crippen molar-refractivity contribution in [1.29, 1.82) is 0 Å². The molecular weight excluding hydrogens is 190 g/mol. The van der Waals surface area contributed by atoms with Gasteiger partial charge in [0.1, 0.15) is 4.32 Å². The summed E-state index contributed by atoms with van der Waals surface area (Å²) >= 11 is 9.09. The van der Waals surface area contributed by atoms with Crippen LogP contribution < -0.4 is 0 Å². The minimum atomic E-state index is 0.315. The van der Waals surface area contributed by atoms with Crippen LogP contribution in [0.15, 0.2) is 0 Å². The zero-order chi connectivity index (χ0) is 8.97. The van der Waals surface area contributed by atoms with Crippen molar-refractivity contribution in [3.8, 4) is 0 Å². The van der Waals surface area contributed by atoms with Crippen LogP contribution in [-0.4, -0.2) is 34.0 Å². The van der Waals surface area contributed by atoms with E-state index in [1.54, 1.807) is 0 Å². The van der Waals surface area contributed by atoms with Crippen LogP contribution in [-0.2, 0) is 0 Å². The zero-order valence-electron chi connectivity index (χ0n) is 7.07. The maximum atomic E-state index is 8.74. The maximum absolute atomic E-state index is 8.74. The Morgan fingerprint density at radius 2 is 2.08 bits per heavy atom. The molecule has 0 aromatic heterocycles. The van der Waals surface area contributed by atoms with Crippen molar-refractivity contribution in [2.75, 3.05) is 19.7 Å². The van der Waals surface area contributed by atoms with Crippen LogP contribution in [0, 0.1) is 5.92 Å². The summed E-state index contributed by atoms with van der Waals surface area (Å²) in [6.45, 7) is 2.33. The number of hydrogen-bond donors (Lipinski definition) is 2. The third-order valence-electron chi connectivity index (χ3n) is 2.42. The Hall–Kier alpha value is 0.200.